The Hall–Kier alpha value is -0.240. The predicted octanol–water partition coefficient (Wildman–Crippen LogP) is 3.29. The van der Waals surface area contributed by atoms with E-state index < -0.39 is 0 Å². The molecule has 0 aliphatic carbocycles. The molecule has 0 N–H and O–H groups in total. The summed E-state index contributed by atoms with van der Waals surface area (Å²) in [5.41, 5.74) is -0.221. The van der Waals surface area contributed by atoms with E-state index in [4.69, 9.17) is 11.6 Å². The molecule has 0 aliphatic rings. The summed E-state index contributed by atoms with van der Waals surface area (Å²) in [5, 5.41) is 0. The maximum Gasteiger partial charge on any atom is 0.227 e. The van der Waals surface area contributed by atoms with E-state index in [2.05, 4.69) is 6.92 Å². The standard InChI is InChI=1S/C12H24ClNO/c1-5-12(2,3)11(15)14(4)10-8-6-7-9-13/h5-10H2,1-4H3. The van der Waals surface area contributed by atoms with Crippen molar-refractivity contribution in [1.82, 2.24) is 4.90 Å². The minimum absolute atomic E-state index is 0.221. The first-order valence-corrected chi connectivity index (χ1v) is 6.30. The second kappa shape index (κ2) is 7.10. The summed E-state index contributed by atoms with van der Waals surface area (Å²) in [7, 11) is 1.89. The van der Waals surface area contributed by atoms with Gasteiger partial charge in [-0.25, -0.2) is 0 Å². The van der Waals surface area contributed by atoms with Crippen LogP contribution in [-0.4, -0.2) is 30.3 Å². The number of hydrogen-bond acceptors (Lipinski definition) is 1. The molecule has 90 valence electrons. The van der Waals surface area contributed by atoms with Crippen molar-refractivity contribution in [3.63, 3.8) is 0 Å². The highest BCUT2D eigenvalue weighted by Gasteiger charge is 2.27. The molecule has 0 atom stereocenters. The molecule has 0 bridgehead atoms. The fourth-order valence-corrected chi connectivity index (χ4v) is 1.58. The summed E-state index contributed by atoms with van der Waals surface area (Å²) in [6, 6.07) is 0. The molecule has 0 aromatic heterocycles. The van der Waals surface area contributed by atoms with Crippen LogP contribution in [0.4, 0.5) is 0 Å². The van der Waals surface area contributed by atoms with Crippen LogP contribution < -0.4 is 0 Å². The molecular formula is C12H24ClNO. The third-order valence-corrected chi connectivity index (χ3v) is 3.20. The van der Waals surface area contributed by atoms with Crippen LogP contribution in [0, 0.1) is 5.41 Å². The first kappa shape index (κ1) is 14.8. The van der Waals surface area contributed by atoms with Gasteiger partial charge in [-0.15, -0.1) is 11.6 Å². The second-order valence-electron chi connectivity index (χ2n) is 4.71. The lowest BCUT2D eigenvalue weighted by atomic mass is 9.88. The summed E-state index contributed by atoms with van der Waals surface area (Å²) < 4.78 is 0. The Labute approximate surface area is 99.0 Å². The minimum Gasteiger partial charge on any atom is -0.345 e. The zero-order valence-corrected chi connectivity index (χ0v) is 11.2. The molecule has 0 aromatic carbocycles. The molecule has 0 aromatic rings. The molecule has 0 spiro atoms. The predicted molar refractivity (Wildman–Crippen MR) is 66.3 cm³/mol. The lowest BCUT2D eigenvalue weighted by molar-refractivity contribution is -0.139. The van der Waals surface area contributed by atoms with Crippen molar-refractivity contribution in [2.24, 2.45) is 5.41 Å². The number of unbranched alkanes of at least 4 members (excludes halogenated alkanes) is 2. The van der Waals surface area contributed by atoms with Crippen LogP contribution >= 0.6 is 11.6 Å². The number of alkyl halides is 1. The Kier molecular flexibility index (Phi) is 6.99. The van der Waals surface area contributed by atoms with Crippen molar-refractivity contribution in [1.29, 1.82) is 0 Å². The highest BCUT2D eigenvalue weighted by atomic mass is 35.5. The second-order valence-corrected chi connectivity index (χ2v) is 5.09. The van der Waals surface area contributed by atoms with E-state index in [1.807, 2.05) is 25.8 Å². The minimum atomic E-state index is -0.221. The number of carbonyl (C=O) groups excluding carboxylic acids is 1. The Morgan fingerprint density at radius 3 is 2.33 bits per heavy atom. The lowest BCUT2D eigenvalue weighted by Gasteiger charge is -2.28. The summed E-state index contributed by atoms with van der Waals surface area (Å²) >= 11 is 5.59. The average Bonchev–Trinajstić information content (AvgIpc) is 2.23. The van der Waals surface area contributed by atoms with Gasteiger partial charge >= 0.3 is 0 Å². The Morgan fingerprint density at radius 2 is 1.87 bits per heavy atom. The van der Waals surface area contributed by atoms with Crippen LogP contribution in [0.2, 0.25) is 0 Å². The summed E-state index contributed by atoms with van der Waals surface area (Å²) in [6.45, 7) is 6.91. The van der Waals surface area contributed by atoms with E-state index in [-0.39, 0.29) is 11.3 Å². The van der Waals surface area contributed by atoms with Gasteiger partial charge in [-0.1, -0.05) is 27.2 Å². The molecule has 0 saturated heterocycles. The van der Waals surface area contributed by atoms with Gasteiger partial charge in [-0.3, -0.25) is 4.79 Å². The maximum atomic E-state index is 12.0. The molecule has 3 heteroatoms. The topological polar surface area (TPSA) is 20.3 Å². The van der Waals surface area contributed by atoms with E-state index in [0.29, 0.717) is 0 Å². The maximum absolute atomic E-state index is 12.0. The molecule has 15 heavy (non-hydrogen) atoms. The van der Waals surface area contributed by atoms with Gasteiger partial charge in [0.1, 0.15) is 0 Å². The molecule has 0 rings (SSSR count). The van der Waals surface area contributed by atoms with Gasteiger partial charge in [-0.05, 0) is 19.3 Å². The zero-order valence-electron chi connectivity index (χ0n) is 10.5. The van der Waals surface area contributed by atoms with Crippen molar-refractivity contribution < 1.29 is 4.79 Å². The van der Waals surface area contributed by atoms with Gasteiger partial charge < -0.3 is 4.90 Å². The van der Waals surface area contributed by atoms with Gasteiger partial charge in [0.25, 0.3) is 0 Å². The van der Waals surface area contributed by atoms with Gasteiger partial charge in [0.05, 0.1) is 0 Å². The van der Waals surface area contributed by atoms with Crippen LogP contribution in [0.15, 0.2) is 0 Å². The van der Waals surface area contributed by atoms with Crippen LogP contribution in [0.25, 0.3) is 0 Å². The lowest BCUT2D eigenvalue weighted by Crippen LogP contribution is -2.38. The molecule has 0 heterocycles. The van der Waals surface area contributed by atoms with Crippen LogP contribution in [-0.2, 0) is 4.79 Å². The number of amides is 1. The Morgan fingerprint density at radius 1 is 1.27 bits per heavy atom. The monoisotopic (exact) mass is 233 g/mol. The van der Waals surface area contributed by atoms with Crippen molar-refractivity contribution >= 4 is 17.5 Å². The third-order valence-electron chi connectivity index (χ3n) is 2.94. The molecule has 0 unspecified atom stereocenters. The normalized spacial score (nSPS) is 11.5. The van der Waals surface area contributed by atoms with Crippen LogP contribution in [0.1, 0.15) is 46.5 Å². The molecule has 0 saturated carbocycles. The zero-order chi connectivity index (χ0) is 11.9. The Bertz CT molecular complexity index is 192. The van der Waals surface area contributed by atoms with Crippen molar-refractivity contribution in [2.45, 2.75) is 46.5 Å². The highest BCUT2D eigenvalue weighted by Crippen LogP contribution is 2.22. The highest BCUT2D eigenvalue weighted by molar-refractivity contribution is 6.17. The van der Waals surface area contributed by atoms with Crippen molar-refractivity contribution in [3.8, 4) is 0 Å². The number of hydrogen-bond donors (Lipinski definition) is 0. The summed E-state index contributed by atoms with van der Waals surface area (Å²) in [4.78, 5) is 13.8. The molecule has 0 fully saturated rings. The average molecular weight is 234 g/mol. The van der Waals surface area contributed by atoms with Gasteiger partial charge in [-0.2, -0.15) is 0 Å². The van der Waals surface area contributed by atoms with Gasteiger partial charge in [0.2, 0.25) is 5.91 Å². The molecule has 0 radical (unpaired) electrons. The fourth-order valence-electron chi connectivity index (χ4n) is 1.39. The number of halogens is 1. The van der Waals surface area contributed by atoms with Gasteiger partial charge in [0, 0.05) is 24.9 Å². The van der Waals surface area contributed by atoms with E-state index in [1.165, 1.54) is 0 Å². The fraction of sp³-hybridized carbons (Fsp3) is 0.917. The van der Waals surface area contributed by atoms with E-state index >= 15 is 0 Å². The quantitative estimate of drug-likeness (QED) is 0.488. The Balaban J connectivity index is 3.89. The first-order chi connectivity index (χ1) is 6.95. The van der Waals surface area contributed by atoms with Crippen molar-refractivity contribution in [3.05, 3.63) is 0 Å². The number of nitrogens with zero attached hydrogens (tertiary/aromatic N) is 1. The smallest absolute Gasteiger partial charge is 0.227 e. The summed E-state index contributed by atoms with van der Waals surface area (Å²) in [5.74, 6) is 0.967. The number of carbonyl (C=O) groups is 1. The summed E-state index contributed by atoms with van der Waals surface area (Å²) in [6.07, 6.45) is 4.08. The SMILES string of the molecule is CCC(C)(C)C(=O)N(C)CCCCCCl. The molecule has 0 aliphatic heterocycles. The third kappa shape index (κ3) is 5.41. The van der Waals surface area contributed by atoms with E-state index in [9.17, 15) is 4.79 Å². The van der Waals surface area contributed by atoms with E-state index in [0.717, 1.165) is 38.1 Å². The van der Waals surface area contributed by atoms with Crippen molar-refractivity contribution in [2.75, 3.05) is 19.5 Å². The molecule has 2 nitrogen and oxygen atoms in total. The number of rotatable bonds is 7. The molecular weight excluding hydrogens is 210 g/mol. The van der Waals surface area contributed by atoms with Gasteiger partial charge in [0.15, 0.2) is 0 Å². The van der Waals surface area contributed by atoms with Crippen LogP contribution in [0.5, 0.6) is 0 Å². The first-order valence-electron chi connectivity index (χ1n) is 5.77. The van der Waals surface area contributed by atoms with Crippen LogP contribution in [0.3, 0.4) is 0 Å². The molecule has 1 amide bonds. The van der Waals surface area contributed by atoms with E-state index in [1.54, 1.807) is 0 Å². The largest absolute Gasteiger partial charge is 0.345 e.